The van der Waals surface area contributed by atoms with Crippen LogP contribution in [0.25, 0.3) is 16.9 Å². The molecule has 3 rings (SSSR count). The molecule has 0 fully saturated rings. The third-order valence-corrected chi connectivity index (χ3v) is 5.03. The molecule has 0 aliphatic rings. The van der Waals surface area contributed by atoms with E-state index in [0.717, 1.165) is 26.9 Å². The number of nitrogen functional groups attached to an aromatic ring is 1. The van der Waals surface area contributed by atoms with E-state index in [1.54, 1.807) is 11.3 Å². The fourth-order valence-corrected chi connectivity index (χ4v) is 3.49. The number of pyridine rings is 1. The normalized spacial score (nSPS) is 11.4. The highest BCUT2D eigenvalue weighted by Crippen LogP contribution is 2.34. The van der Waals surface area contributed by atoms with E-state index in [2.05, 4.69) is 47.8 Å². The van der Waals surface area contributed by atoms with Crippen LogP contribution >= 0.6 is 27.3 Å². The van der Waals surface area contributed by atoms with Crippen LogP contribution in [0.5, 0.6) is 0 Å². The van der Waals surface area contributed by atoms with E-state index < -0.39 is 0 Å². The molecule has 19 heavy (non-hydrogen) atoms. The highest BCUT2D eigenvalue weighted by molar-refractivity contribution is 9.10. The van der Waals surface area contributed by atoms with Gasteiger partial charge in [0.2, 0.25) is 0 Å². The highest BCUT2D eigenvalue weighted by Gasteiger charge is 2.15. The lowest BCUT2D eigenvalue weighted by molar-refractivity contribution is 1.16. The lowest BCUT2D eigenvalue weighted by Crippen LogP contribution is -1.94. The second-order valence-electron chi connectivity index (χ2n) is 4.71. The number of aromatic nitrogens is 2. The molecule has 5 heteroatoms. The highest BCUT2D eigenvalue weighted by atomic mass is 79.9. The van der Waals surface area contributed by atoms with Gasteiger partial charge in [0.05, 0.1) is 0 Å². The first kappa shape index (κ1) is 12.7. The van der Waals surface area contributed by atoms with Crippen molar-refractivity contribution < 1.29 is 0 Å². The molecule has 0 unspecified atom stereocenters. The van der Waals surface area contributed by atoms with Crippen molar-refractivity contribution in [2.75, 3.05) is 5.73 Å². The standard InChI is InChI=1S/C14H14BrN3S/c1-7-4-12-17-13(10-5-8(2)19-9(10)3)14(16)18(12)6-11(7)15/h4-6H,16H2,1-3H3. The van der Waals surface area contributed by atoms with Gasteiger partial charge in [-0.15, -0.1) is 11.3 Å². The molecular formula is C14H14BrN3S. The molecule has 2 N–H and O–H groups in total. The number of hydrogen-bond acceptors (Lipinski definition) is 3. The zero-order valence-electron chi connectivity index (χ0n) is 11.0. The SMILES string of the molecule is Cc1cc(-c2nc3cc(C)c(Br)cn3c2N)c(C)s1. The van der Waals surface area contributed by atoms with Crippen LogP contribution in [0.2, 0.25) is 0 Å². The van der Waals surface area contributed by atoms with Crippen molar-refractivity contribution in [1.29, 1.82) is 0 Å². The van der Waals surface area contributed by atoms with Crippen LogP contribution in [0.3, 0.4) is 0 Å². The zero-order valence-corrected chi connectivity index (χ0v) is 13.4. The average molecular weight is 336 g/mol. The second-order valence-corrected chi connectivity index (χ2v) is 7.02. The molecule has 98 valence electrons. The molecule has 0 atom stereocenters. The van der Waals surface area contributed by atoms with E-state index in [9.17, 15) is 0 Å². The third kappa shape index (κ3) is 1.97. The van der Waals surface area contributed by atoms with Crippen molar-refractivity contribution in [3.63, 3.8) is 0 Å². The summed E-state index contributed by atoms with van der Waals surface area (Å²) < 4.78 is 2.97. The zero-order chi connectivity index (χ0) is 13.7. The number of anilines is 1. The summed E-state index contributed by atoms with van der Waals surface area (Å²) in [7, 11) is 0. The number of fused-ring (bicyclic) bond motifs is 1. The fourth-order valence-electron chi connectivity index (χ4n) is 2.24. The molecule has 0 bridgehead atoms. The van der Waals surface area contributed by atoms with Gasteiger partial charge in [-0.25, -0.2) is 4.98 Å². The third-order valence-electron chi connectivity index (χ3n) is 3.24. The molecule has 0 saturated heterocycles. The van der Waals surface area contributed by atoms with Crippen molar-refractivity contribution in [3.05, 3.63) is 38.1 Å². The topological polar surface area (TPSA) is 43.3 Å². The first-order valence-corrected chi connectivity index (χ1v) is 7.59. The van der Waals surface area contributed by atoms with E-state index in [0.29, 0.717) is 5.82 Å². The number of nitrogens with two attached hydrogens (primary N) is 1. The summed E-state index contributed by atoms with van der Waals surface area (Å²) in [6.07, 6.45) is 1.98. The van der Waals surface area contributed by atoms with Crippen LogP contribution in [0.1, 0.15) is 15.3 Å². The molecule has 3 heterocycles. The van der Waals surface area contributed by atoms with Crippen LogP contribution in [-0.4, -0.2) is 9.38 Å². The summed E-state index contributed by atoms with van der Waals surface area (Å²) >= 11 is 5.31. The molecule has 3 aromatic rings. The van der Waals surface area contributed by atoms with Gasteiger partial charge >= 0.3 is 0 Å². The van der Waals surface area contributed by atoms with Crippen molar-refractivity contribution >= 4 is 38.7 Å². The number of thiophene rings is 1. The monoisotopic (exact) mass is 335 g/mol. The summed E-state index contributed by atoms with van der Waals surface area (Å²) in [6.45, 7) is 6.26. The molecule has 0 saturated carbocycles. The maximum Gasteiger partial charge on any atom is 0.139 e. The Bertz CT molecular complexity index is 786. The van der Waals surface area contributed by atoms with Gasteiger partial charge in [0.25, 0.3) is 0 Å². The molecule has 0 aliphatic carbocycles. The Labute approximate surface area is 124 Å². The van der Waals surface area contributed by atoms with Gasteiger partial charge in [-0.05, 0) is 54.4 Å². The minimum Gasteiger partial charge on any atom is -0.383 e. The summed E-state index contributed by atoms with van der Waals surface area (Å²) in [5.74, 6) is 0.691. The molecule has 0 aromatic carbocycles. The van der Waals surface area contributed by atoms with Crippen LogP contribution in [-0.2, 0) is 0 Å². The van der Waals surface area contributed by atoms with Crippen molar-refractivity contribution in [3.8, 4) is 11.3 Å². The molecule has 0 aliphatic heterocycles. The van der Waals surface area contributed by atoms with Gasteiger partial charge in [-0.3, -0.25) is 4.40 Å². The van der Waals surface area contributed by atoms with Gasteiger partial charge in [0, 0.05) is 26.0 Å². The molecule has 0 radical (unpaired) electrons. The smallest absolute Gasteiger partial charge is 0.139 e. The van der Waals surface area contributed by atoms with E-state index in [-0.39, 0.29) is 0 Å². The van der Waals surface area contributed by atoms with E-state index in [1.807, 2.05) is 16.7 Å². The lowest BCUT2D eigenvalue weighted by atomic mass is 10.2. The van der Waals surface area contributed by atoms with Gasteiger partial charge in [-0.2, -0.15) is 0 Å². The van der Waals surface area contributed by atoms with Crippen LogP contribution in [0.15, 0.2) is 22.8 Å². The molecule has 0 spiro atoms. The number of imidazole rings is 1. The molecule has 0 amide bonds. The number of hydrogen-bond donors (Lipinski definition) is 1. The Morgan fingerprint density at radius 2 is 2.00 bits per heavy atom. The second kappa shape index (κ2) is 4.35. The number of aryl methyl sites for hydroxylation is 3. The van der Waals surface area contributed by atoms with Crippen molar-refractivity contribution in [2.24, 2.45) is 0 Å². The largest absolute Gasteiger partial charge is 0.383 e. The molecule has 3 nitrogen and oxygen atoms in total. The molecular weight excluding hydrogens is 322 g/mol. The number of rotatable bonds is 1. The number of halogens is 1. The maximum atomic E-state index is 6.25. The van der Waals surface area contributed by atoms with Crippen molar-refractivity contribution in [2.45, 2.75) is 20.8 Å². The van der Waals surface area contributed by atoms with E-state index in [1.165, 1.54) is 9.75 Å². The Hall–Kier alpha value is -1.33. The van der Waals surface area contributed by atoms with E-state index >= 15 is 0 Å². The summed E-state index contributed by atoms with van der Waals surface area (Å²) in [4.78, 5) is 7.21. The molecule has 3 aromatic heterocycles. The van der Waals surface area contributed by atoms with E-state index in [4.69, 9.17) is 5.73 Å². The minimum absolute atomic E-state index is 0.691. The van der Waals surface area contributed by atoms with Crippen molar-refractivity contribution in [1.82, 2.24) is 9.38 Å². The average Bonchev–Trinajstić information content (AvgIpc) is 2.82. The van der Waals surface area contributed by atoms with Crippen LogP contribution in [0, 0.1) is 20.8 Å². The minimum atomic E-state index is 0.691. The fraction of sp³-hybridized carbons (Fsp3) is 0.214. The predicted octanol–water partition coefficient (Wildman–Crippen LogP) is 4.33. The quantitative estimate of drug-likeness (QED) is 0.719. The maximum absolute atomic E-state index is 6.25. The predicted molar refractivity (Wildman–Crippen MR) is 84.8 cm³/mol. The summed E-state index contributed by atoms with van der Waals surface area (Å²) in [6, 6.07) is 4.19. The Morgan fingerprint density at radius 3 is 2.63 bits per heavy atom. The Morgan fingerprint density at radius 1 is 1.26 bits per heavy atom. The lowest BCUT2D eigenvalue weighted by Gasteiger charge is -2.01. The summed E-state index contributed by atoms with van der Waals surface area (Å²) in [5, 5.41) is 0. The van der Waals surface area contributed by atoms with Crippen LogP contribution in [0.4, 0.5) is 5.82 Å². The Kier molecular flexibility index (Phi) is 2.91. The summed E-state index contributed by atoms with van der Waals surface area (Å²) in [5.41, 5.74) is 10.3. The van der Waals surface area contributed by atoms with Gasteiger partial charge in [-0.1, -0.05) is 0 Å². The first-order chi connectivity index (χ1) is 8.97. The van der Waals surface area contributed by atoms with Gasteiger partial charge in [0.1, 0.15) is 17.2 Å². The van der Waals surface area contributed by atoms with Gasteiger partial charge < -0.3 is 5.73 Å². The number of nitrogens with zero attached hydrogens (tertiary/aromatic N) is 2. The first-order valence-electron chi connectivity index (χ1n) is 5.98. The van der Waals surface area contributed by atoms with Gasteiger partial charge in [0.15, 0.2) is 0 Å². The van der Waals surface area contributed by atoms with Crippen LogP contribution < -0.4 is 5.73 Å². The Balaban J connectivity index is 2.31.